The van der Waals surface area contributed by atoms with Gasteiger partial charge in [-0.05, 0) is 17.7 Å². The van der Waals surface area contributed by atoms with Crippen LogP contribution in [-0.2, 0) is 11.0 Å². The van der Waals surface area contributed by atoms with Crippen LogP contribution < -0.4 is 10.6 Å². The van der Waals surface area contributed by atoms with Crippen molar-refractivity contribution in [1.29, 1.82) is 0 Å². The van der Waals surface area contributed by atoms with Crippen LogP contribution in [0.1, 0.15) is 11.1 Å². The van der Waals surface area contributed by atoms with Crippen LogP contribution in [0.5, 0.6) is 0 Å². The first-order valence-corrected chi connectivity index (χ1v) is 7.71. The summed E-state index contributed by atoms with van der Waals surface area (Å²) in [7, 11) is 0. The van der Waals surface area contributed by atoms with Crippen LogP contribution in [0.15, 0.2) is 48.7 Å². The predicted molar refractivity (Wildman–Crippen MR) is 91.2 cm³/mol. The maximum absolute atomic E-state index is 12.5. The molecule has 0 aliphatic carbocycles. The zero-order chi connectivity index (χ0) is 18.3. The van der Waals surface area contributed by atoms with Gasteiger partial charge in [0.2, 0.25) is 5.91 Å². The summed E-state index contributed by atoms with van der Waals surface area (Å²) in [5, 5.41) is 5.28. The van der Waals surface area contributed by atoms with E-state index in [1.54, 1.807) is 6.08 Å². The van der Waals surface area contributed by atoms with E-state index in [1.165, 1.54) is 6.08 Å². The number of alkyl halides is 3. The van der Waals surface area contributed by atoms with E-state index in [1.807, 2.05) is 30.3 Å². The number of nitrogens with zero attached hydrogens (tertiary/aromatic N) is 1. The minimum absolute atomic E-state index is 0.128. The number of rotatable bonds is 6. The van der Waals surface area contributed by atoms with Crippen LogP contribution in [0.4, 0.5) is 19.0 Å². The van der Waals surface area contributed by atoms with Gasteiger partial charge in [-0.3, -0.25) is 4.79 Å². The number of amides is 1. The predicted octanol–water partition coefficient (Wildman–Crippen LogP) is 4.00. The SMILES string of the molecule is O=C(/C=C/c1ccccc1)NCCNc1ncc(C(F)(F)F)cc1Cl. The molecule has 132 valence electrons. The highest BCUT2D eigenvalue weighted by molar-refractivity contribution is 6.32. The molecule has 0 aliphatic rings. The molecule has 0 bridgehead atoms. The molecule has 1 heterocycles. The van der Waals surface area contributed by atoms with Gasteiger partial charge < -0.3 is 10.6 Å². The van der Waals surface area contributed by atoms with E-state index in [0.717, 1.165) is 11.6 Å². The molecule has 2 rings (SSSR count). The van der Waals surface area contributed by atoms with Crippen molar-refractivity contribution in [2.75, 3.05) is 18.4 Å². The Balaban J connectivity index is 1.77. The lowest BCUT2D eigenvalue weighted by Gasteiger charge is -2.10. The highest BCUT2D eigenvalue weighted by atomic mass is 35.5. The second-order valence-electron chi connectivity index (χ2n) is 5.01. The zero-order valence-electron chi connectivity index (χ0n) is 13.0. The normalized spacial score (nSPS) is 11.5. The maximum atomic E-state index is 12.5. The number of aromatic nitrogens is 1. The quantitative estimate of drug-likeness (QED) is 0.598. The molecule has 0 fully saturated rings. The molecule has 0 spiro atoms. The summed E-state index contributed by atoms with van der Waals surface area (Å²) < 4.78 is 37.6. The minimum Gasteiger partial charge on any atom is -0.367 e. The van der Waals surface area contributed by atoms with Crippen molar-refractivity contribution in [2.45, 2.75) is 6.18 Å². The summed E-state index contributed by atoms with van der Waals surface area (Å²) in [5.41, 5.74) is -0.0149. The number of carbonyl (C=O) groups is 1. The van der Waals surface area contributed by atoms with E-state index < -0.39 is 11.7 Å². The summed E-state index contributed by atoms with van der Waals surface area (Å²) in [4.78, 5) is 15.3. The smallest absolute Gasteiger partial charge is 0.367 e. The molecule has 2 N–H and O–H groups in total. The van der Waals surface area contributed by atoms with E-state index in [0.29, 0.717) is 6.20 Å². The molecule has 25 heavy (non-hydrogen) atoms. The molecule has 0 unspecified atom stereocenters. The highest BCUT2D eigenvalue weighted by Gasteiger charge is 2.31. The van der Waals surface area contributed by atoms with E-state index >= 15 is 0 Å². The number of hydrogen-bond donors (Lipinski definition) is 2. The Morgan fingerprint density at radius 1 is 1.20 bits per heavy atom. The second kappa shape index (κ2) is 8.53. The summed E-state index contributed by atoms with van der Waals surface area (Å²) in [6, 6.07) is 10.1. The average molecular weight is 370 g/mol. The molecule has 1 aromatic carbocycles. The molecule has 1 amide bonds. The van der Waals surface area contributed by atoms with Gasteiger partial charge >= 0.3 is 6.18 Å². The van der Waals surface area contributed by atoms with E-state index in [2.05, 4.69) is 15.6 Å². The molecule has 0 aliphatic heterocycles. The molecule has 0 saturated heterocycles. The first-order chi connectivity index (χ1) is 11.9. The Kier molecular flexibility index (Phi) is 6.41. The number of benzene rings is 1. The Morgan fingerprint density at radius 2 is 1.92 bits per heavy atom. The number of anilines is 1. The zero-order valence-corrected chi connectivity index (χ0v) is 13.7. The van der Waals surface area contributed by atoms with Gasteiger partial charge in [0.15, 0.2) is 0 Å². The standard InChI is InChI=1S/C17H15ClF3N3O/c18-14-10-13(17(19,20)21)11-24-16(14)23-9-8-22-15(25)7-6-12-4-2-1-3-5-12/h1-7,10-11H,8-9H2,(H,22,25)(H,23,24)/b7-6+. The van der Waals surface area contributed by atoms with Crippen LogP contribution in [0.3, 0.4) is 0 Å². The largest absolute Gasteiger partial charge is 0.417 e. The van der Waals surface area contributed by atoms with Gasteiger partial charge in [-0.2, -0.15) is 13.2 Å². The number of nitrogens with one attached hydrogen (secondary N) is 2. The van der Waals surface area contributed by atoms with Gasteiger partial charge in [0.1, 0.15) is 5.82 Å². The minimum atomic E-state index is -4.49. The summed E-state index contributed by atoms with van der Waals surface area (Å²) in [5.74, 6) is -0.152. The van der Waals surface area contributed by atoms with Crippen molar-refractivity contribution in [3.8, 4) is 0 Å². The molecule has 0 saturated carbocycles. The Labute approximate surface area is 147 Å². The third-order valence-electron chi connectivity index (χ3n) is 3.11. The molecular weight excluding hydrogens is 355 g/mol. The van der Waals surface area contributed by atoms with Crippen LogP contribution in [0, 0.1) is 0 Å². The molecule has 8 heteroatoms. The van der Waals surface area contributed by atoms with E-state index in [9.17, 15) is 18.0 Å². The van der Waals surface area contributed by atoms with Crippen molar-refractivity contribution < 1.29 is 18.0 Å². The van der Waals surface area contributed by atoms with Gasteiger partial charge in [0.05, 0.1) is 10.6 Å². The fourth-order valence-electron chi connectivity index (χ4n) is 1.88. The maximum Gasteiger partial charge on any atom is 0.417 e. The topological polar surface area (TPSA) is 54.0 Å². The fraction of sp³-hybridized carbons (Fsp3) is 0.176. The number of carbonyl (C=O) groups excluding carboxylic acids is 1. The molecule has 2 aromatic rings. The molecule has 0 radical (unpaired) electrons. The monoisotopic (exact) mass is 369 g/mol. The summed E-state index contributed by atoms with van der Waals surface area (Å²) >= 11 is 5.77. The lowest BCUT2D eigenvalue weighted by molar-refractivity contribution is -0.137. The lowest BCUT2D eigenvalue weighted by Crippen LogP contribution is -2.27. The number of hydrogen-bond acceptors (Lipinski definition) is 3. The number of halogens is 4. The Bertz CT molecular complexity index is 749. The van der Waals surface area contributed by atoms with Crippen molar-refractivity contribution >= 4 is 29.4 Å². The molecular formula is C17H15ClF3N3O. The fourth-order valence-corrected chi connectivity index (χ4v) is 2.12. The Morgan fingerprint density at radius 3 is 2.56 bits per heavy atom. The van der Waals surface area contributed by atoms with Crippen LogP contribution in [0.2, 0.25) is 5.02 Å². The highest BCUT2D eigenvalue weighted by Crippen LogP contribution is 2.32. The Hall–Kier alpha value is -2.54. The summed E-state index contributed by atoms with van der Waals surface area (Å²) in [6.45, 7) is 0.528. The first-order valence-electron chi connectivity index (χ1n) is 7.34. The van der Waals surface area contributed by atoms with Gasteiger partial charge in [-0.15, -0.1) is 0 Å². The van der Waals surface area contributed by atoms with Crippen LogP contribution in [0.25, 0.3) is 6.08 Å². The molecule has 0 atom stereocenters. The van der Waals surface area contributed by atoms with Gasteiger partial charge in [0, 0.05) is 25.4 Å². The number of pyridine rings is 1. The third-order valence-corrected chi connectivity index (χ3v) is 3.40. The van der Waals surface area contributed by atoms with Crippen molar-refractivity contribution in [3.05, 3.63) is 64.8 Å². The van der Waals surface area contributed by atoms with Crippen LogP contribution >= 0.6 is 11.6 Å². The molecule has 1 aromatic heterocycles. The van der Waals surface area contributed by atoms with Crippen molar-refractivity contribution in [2.24, 2.45) is 0 Å². The van der Waals surface area contributed by atoms with E-state index in [4.69, 9.17) is 11.6 Å². The van der Waals surface area contributed by atoms with Crippen molar-refractivity contribution in [3.63, 3.8) is 0 Å². The second-order valence-corrected chi connectivity index (χ2v) is 5.42. The lowest BCUT2D eigenvalue weighted by atomic mass is 10.2. The first kappa shape index (κ1) is 18.8. The van der Waals surface area contributed by atoms with Gasteiger partial charge in [0.25, 0.3) is 0 Å². The van der Waals surface area contributed by atoms with Crippen LogP contribution in [-0.4, -0.2) is 24.0 Å². The van der Waals surface area contributed by atoms with Gasteiger partial charge in [-0.1, -0.05) is 41.9 Å². The van der Waals surface area contributed by atoms with E-state index in [-0.39, 0.29) is 29.8 Å². The van der Waals surface area contributed by atoms with Crippen molar-refractivity contribution in [1.82, 2.24) is 10.3 Å². The average Bonchev–Trinajstić information content (AvgIpc) is 2.58. The molecule has 4 nitrogen and oxygen atoms in total. The van der Waals surface area contributed by atoms with Gasteiger partial charge in [-0.25, -0.2) is 4.98 Å². The summed E-state index contributed by atoms with van der Waals surface area (Å²) in [6.07, 6.45) is -0.709. The third kappa shape index (κ3) is 6.11.